The van der Waals surface area contributed by atoms with E-state index in [-0.39, 0.29) is 11.9 Å². The third-order valence-electron chi connectivity index (χ3n) is 5.05. The fraction of sp³-hybridized carbons (Fsp3) is 0.722. The number of hydrogen-bond acceptors (Lipinski definition) is 4. The van der Waals surface area contributed by atoms with Gasteiger partial charge >= 0.3 is 6.03 Å². The number of amides is 3. The summed E-state index contributed by atoms with van der Waals surface area (Å²) < 4.78 is 8.36. The maximum Gasteiger partial charge on any atom is 0.319 e. The average molecular weight is 363 g/mol. The molecule has 1 fully saturated rings. The van der Waals surface area contributed by atoms with Gasteiger partial charge in [0.05, 0.1) is 6.54 Å². The van der Waals surface area contributed by atoms with E-state index in [0.29, 0.717) is 44.9 Å². The largest absolute Gasteiger partial charge is 0.354 e. The standard InChI is InChI=1S/C18H29N5O3/c1-13(2)11-20-15(24)14-12-23-10-7-19-16(23)18(26-14)5-8-22(9-6-18)17(25)21(3)4/h7,10,13-14H,5-6,8-9,11-12H2,1-4H3,(H,20,24)/t14-/m0/s1. The highest BCUT2D eigenvalue weighted by atomic mass is 16.5. The van der Waals surface area contributed by atoms with Crippen molar-refractivity contribution in [2.24, 2.45) is 5.92 Å². The highest BCUT2D eigenvalue weighted by molar-refractivity contribution is 5.81. The van der Waals surface area contributed by atoms with Crippen molar-refractivity contribution in [2.45, 2.75) is 44.9 Å². The number of rotatable bonds is 3. The van der Waals surface area contributed by atoms with Crippen molar-refractivity contribution in [1.29, 1.82) is 0 Å². The quantitative estimate of drug-likeness (QED) is 0.870. The summed E-state index contributed by atoms with van der Waals surface area (Å²) in [6.45, 7) is 6.41. The van der Waals surface area contributed by atoms with Gasteiger partial charge in [-0.2, -0.15) is 0 Å². The van der Waals surface area contributed by atoms with Gasteiger partial charge in [-0.05, 0) is 5.92 Å². The molecule has 3 rings (SSSR count). The van der Waals surface area contributed by atoms with Crippen LogP contribution >= 0.6 is 0 Å². The molecule has 3 amide bonds. The van der Waals surface area contributed by atoms with Crippen LogP contribution < -0.4 is 5.32 Å². The summed E-state index contributed by atoms with van der Waals surface area (Å²) in [5.74, 6) is 1.17. The molecule has 144 valence electrons. The number of fused-ring (bicyclic) bond motifs is 2. The van der Waals surface area contributed by atoms with E-state index in [4.69, 9.17) is 4.74 Å². The highest BCUT2D eigenvalue weighted by Crippen LogP contribution is 2.40. The molecule has 26 heavy (non-hydrogen) atoms. The van der Waals surface area contributed by atoms with Crippen LogP contribution in [0.3, 0.4) is 0 Å². The number of carbonyl (C=O) groups excluding carboxylic acids is 2. The molecular formula is C18H29N5O3. The molecule has 8 nitrogen and oxygen atoms in total. The van der Waals surface area contributed by atoms with Gasteiger partial charge in [-0.1, -0.05) is 13.8 Å². The van der Waals surface area contributed by atoms with Gasteiger partial charge in [-0.3, -0.25) is 4.79 Å². The topological polar surface area (TPSA) is 79.7 Å². The molecule has 2 aliphatic heterocycles. The predicted molar refractivity (Wildman–Crippen MR) is 96.5 cm³/mol. The van der Waals surface area contributed by atoms with Crippen molar-refractivity contribution in [2.75, 3.05) is 33.7 Å². The molecule has 3 heterocycles. The van der Waals surface area contributed by atoms with Crippen molar-refractivity contribution in [3.05, 3.63) is 18.2 Å². The fourth-order valence-electron chi connectivity index (χ4n) is 3.64. The Morgan fingerprint density at radius 3 is 2.69 bits per heavy atom. The van der Waals surface area contributed by atoms with Crippen LogP contribution in [0.5, 0.6) is 0 Å². The second-order valence-corrected chi connectivity index (χ2v) is 7.81. The first kappa shape index (κ1) is 18.7. The maximum absolute atomic E-state index is 12.6. The number of piperidine rings is 1. The summed E-state index contributed by atoms with van der Waals surface area (Å²) in [6, 6.07) is 0.00484. The molecule has 1 spiro atoms. The molecule has 1 aromatic heterocycles. The molecule has 0 bridgehead atoms. The molecule has 0 saturated carbocycles. The predicted octanol–water partition coefficient (Wildman–Crippen LogP) is 1.03. The number of hydrogen-bond donors (Lipinski definition) is 1. The van der Waals surface area contributed by atoms with Gasteiger partial charge in [0.2, 0.25) is 0 Å². The number of nitrogens with one attached hydrogen (secondary N) is 1. The number of likely N-dealkylation sites (tertiary alicyclic amines) is 1. The Hall–Kier alpha value is -2.09. The van der Waals surface area contributed by atoms with Crippen molar-refractivity contribution in [3.63, 3.8) is 0 Å². The second kappa shape index (κ2) is 7.26. The second-order valence-electron chi connectivity index (χ2n) is 7.81. The minimum absolute atomic E-state index is 0.00484. The molecule has 1 atom stereocenters. The zero-order valence-corrected chi connectivity index (χ0v) is 16.1. The number of imidazole rings is 1. The van der Waals surface area contributed by atoms with E-state index in [1.54, 1.807) is 25.2 Å². The summed E-state index contributed by atoms with van der Waals surface area (Å²) in [5, 5.41) is 2.97. The normalized spacial score (nSPS) is 21.6. The zero-order chi connectivity index (χ0) is 18.9. The third-order valence-corrected chi connectivity index (χ3v) is 5.05. The Balaban J connectivity index is 1.75. The lowest BCUT2D eigenvalue weighted by Gasteiger charge is -2.45. The third kappa shape index (κ3) is 3.56. The van der Waals surface area contributed by atoms with Crippen LogP contribution in [0.2, 0.25) is 0 Å². The minimum Gasteiger partial charge on any atom is -0.354 e. The van der Waals surface area contributed by atoms with Crippen LogP contribution in [-0.2, 0) is 21.7 Å². The average Bonchev–Trinajstić information content (AvgIpc) is 3.09. The van der Waals surface area contributed by atoms with Gasteiger partial charge in [0, 0.05) is 59.0 Å². The molecule has 0 unspecified atom stereocenters. The summed E-state index contributed by atoms with van der Waals surface area (Å²) in [4.78, 5) is 32.7. The van der Waals surface area contributed by atoms with E-state index in [0.717, 1.165) is 5.82 Å². The number of ether oxygens (including phenoxy) is 1. The van der Waals surface area contributed by atoms with Crippen LogP contribution in [0.1, 0.15) is 32.5 Å². The van der Waals surface area contributed by atoms with E-state index < -0.39 is 11.7 Å². The SMILES string of the molecule is CC(C)CNC(=O)[C@@H]1Cn2ccnc2C2(CCN(C(=O)N(C)C)CC2)O1. The number of nitrogens with zero attached hydrogens (tertiary/aromatic N) is 4. The summed E-state index contributed by atoms with van der Waals surface area (Å²) >= 11 is 0. The molecule has 1 aromatic rings. The van der Waals surface area contributed by atoms with E-state index >= 15 is 0 Å². The van der Waals surface area contributed by atoms with Gasteiger partial charge in [0.15, 0.2) is 6.10 Å². The van der Waals surface area contributed by atoms with Gasteiger partial charge in [0.25, 0.3) is 5.91 Å². The lowest BCUT2D eigenvalue weighted by atomic mass is 9.88. The van der Waals surface area contributed by atoms with Crippen LogP contribution in [0, 0.1) is 5.92 Å². The van der Waals surface area contributed by atoms with Crippen LogP contribution in [0.25, 0.3) is 0 Å². The highest BCUT2D eigenvalue weighted by Gasteiger charge is 2.47. The van der Waals surface area contributed by atoms with E-state index in [9.17, 15) is 9.59 Å². The van der Waals surface area contributed by atoms with Crippen molar-refractivity contribution in [3.8, 4) is 0 Å². The van der Waals surface area contributed by atoms with Crippen LogP contribution in [0.4, 0.5) is 4.79 Å². The van der Waals surface area contributed by atoms with Gasteiger partial charge in [-0.15, -0.1) is 0 Å². The first-order valence-corrected chi connectivity index (χ1v) is 9.26. The molecule has 8 heteroatoms. The number of carbonyl (C=O) groups is 2. The lowest BCUT2D eigenvalue weighted by molar-refractivity contribution is -0.172. The zero-order valence-electron chi connectivity index (χ0n) is 16.1. The van der Waals surface area contributed by atoms with Crippen LogP contribution in [-0.4, -0.2) is 71.1 Å². The minimum atomic E-state index is -0.606. The van der Waals surface area contributed by atoms with Crippen molar-refractivity contribution >= 4 is 11.9 Å². The summed E-state index contributed by atoms with van der Waals surface area (Å²) in [5.41, 5.74) is -0.606. The van der Waals surface area contributed by atoms with Gasteiger partial charge < -0.3 is 24.4 Å². The molecule has 1 N–H and O–H groups in total. The smallest absolute Gasteiger partial charge is 0.319 e. The Labute approximate surface area is 154 Å². The molecule has 1 saturated heterocycles. The first-order chi connectivity index (χ1) is 12.3. The van der Waals surface area contributed by atoms with Crippen LogP contribution in [0.15, 0.2) is 12.4 Å². The van der Waals surface area contributed by atoms with E-state index in [1.165, 1.54) is 0 Å². The Morgan fingerprint density at radius 2 is 2.08 bits per heavy atom. The molecule has 2 aliphatic rings. The summed E-state index contributed by atoms with van der Waals surface area (Å²) in [6.07, 6.45) is 4.40. The fourth-order valence-corrected chi connectivity index (χ4v) is 3.64. The van der Waals surface area contributed by atoms with Crippen molar-refractivity contribution in [1.82, 2.24) is 24.7 Å². The molecule has 0 radical (unpaired) electrons. The number of aromatic nitrogens is 2. The molecular weight excluding hydrogens is 334 g/mol. The molecule has 0 aromatic carbocycles. The maximum atomic E-state index is 12.6. The Morgan fingerprint density at radius 1 is 1.38 bits per heavy atom. The summed E-state index contributed by atoms with van der Waals surface area (Å²) in [7, 11) is 3.51. The van der Waals surface area contributed by atoms with Gasteiger partial charge in [0.1, 0.15) is 11.4 Å². The lowest BCUT2D eigenvalue weighted by Crippen LogP contribution is -2.55. The Bertz CT molecular complexity index is 662. The van der Waals surface area contributed by atoms with E-state index in [1.807, 2.05) is 15.7 Å². The molecule has 0 aliphatic carbocycles. The van der Waals surface area contributed by atoms with Crippen molar-refractivity contribution < 1.29 is 14.3 Å². The monoisotopic (exact) mass is 363 g/mol. The van der Waals surface area contributed by atoms with E-state index in [2.05, 4.69) is 24.1 Å². The first-order valence-electron chi connectivity index (χ1n) is 9.26. The Kier molecular flexibility index (Phi) is 5.22. The van der Waals surface area contributed by atoms with Gasteiger partial charge in [-0.25, -0.2) is 9.78 Å². The number of urea groups is 1.